The van der Waals surface area contributed by atoms with Crippen molar-refractivity contribution in [3.8, 4) is 20.9 Å². The highest BCUT2D eigenvalue weighted by Crippen LogP contribution is 2.31. The Morgan fingerprint density at radius 1 is 0.600 bits per heavy atom. The Hall–Kier alpha value is -5.23. The number of carbonyl (C=O) groups is 5. The van der Waals surface area contributed by atoms with Crippen LogP contribution < -0.4 is 21.3 Å². The second-order valence-electron chi connectivity index (χ2n) is 22.6. The van der Waals surface area contributed by atoms with Crippen LogP contribution in [0.5, 0.6) is 0 Å². The number of ether oxygens (including phenoxy) is 5. The fourth-order valence-corrected chi connectivity index (χ4v) is 11.3. The topological polar surface area (TPSA) is 232 Å². The molecule has 4 heterocycles. The van der Waals surface area contributed by atoms with Gasteiger partial charge in [0.2, 0.25) is 29.5 Å². The van der Waals surface area contributed by atoms with E-state index in [1.807, 2.05) is 103 Å². The molecule has 2 fully saturated rings. The molecular weight excluding hydrogens is 1060 g/mol. The number of nitrogens with zero attached hydrogens (tertiary/aromatic N) is 4. The van der Waals surface area contributed by atoms with E-state index in [9.17, 15) is 29.1 Å². The minimum Gasteiger partial charge on any atom is -0.379 e. The lowest BCUT2D eigenvalue weighted by Crippen LogP contribution is -2.58. The zero-order valence-corrected chi connectivity index (χ0v) is 49.8. The fourth-order valence-electron chi connectivity index (χ4n) is 9.68. The second-order valence-corrected chi connectivity index (χ2v) is 24.3. The van der Waals surface area contributed by atoms with E-state index < -0.39 is 47.1 Å². The van der Waals surface area contributed by atoms with E-state index in [2.05, 4.69) is 43.4 Å². The molecule has 6 rings (SSSR count). The molecule has 5 atom stereocenters. The van der Waals surface area contributed by atoms with Gasteiger partial charge in [-0.25, -0.2) is 9.97 Å². The first-order valence-electron chi connectivity index (χ1n) is 28.1. The van der Waals surface area contributed by atoms with Crippen molar-refractivity contribution in [1.82, 2.24) is 41.0 Å². The van der Waals surface area contributed by atoms with Crippen LogP contribution in [0.4, 0.5) is 0 Å². The number of hydrogen-bond acceptors (Lipinski definition) is 16. The van der Waals surface area contributed by atoms with Gasteiger partial charge in [-0.1, -0.05) is 90.1 Å². The minimum atomic E-state index is -0.929. The molecule has 0 aliphatic carbocycles. The number of likely N-dealkylation sites (tertiary alicyclic amines) is 2. The molecule has 2 aromatic carbocycles. The van der Waals surface area contributed by atoms with Crippen LogP contribution in [0.15, 0.2) is 59.6 Å². The van der Waals surface area contributed by atoms with Gasteiger partial charge in [-0.2, -0.15) is 0 Å². The maximum atomic E-state index is 14.0. The van der Waals surface area contributed by atoms with E-state index in [0.29, 0.717) is 85.1 Å². The van der Waals surface area contributed by atoms with Gasteiger partial charge in [0, 0.05) is 39.4 Å². The van der Waals surface area contributed by atoms with Crippen molar-refractivity contribution in [3.05, 3.63) is 82.1 Å². The highest BCUT2D eigenvalue weighted by molar-refractivity contribution is 7.13. The Kier molecular flexibility index (Phi) is 25.4. The van der Waals surface area contributed by atoms with Crippen molar-refractivity contribution in [2.45, 2.75) is 144 Å². The Bertz CT molecular complexity index is 2560. The van der Waals surface area contributed by atoms with E-state index in [-0.39, 0.29) is 50.1 Å². The fraction of sp³-hybridized carbons (Fsp3) is 0.610. The first kappa shape index (κ1) is 63.9. The van der Waals surface area contributed by atoms with Gasteiger partial charge in [0.25, 0.3) is 0 Å². The third kappa shape index (κ3) is 19.7. The maximum Gasteiger partial charge on any atom is 0.246 e. The summed E-state index contributed by atoms with van der Waals surface area (Å²) in [6, 6.07) is 13.5. The molecule has 2 aliphatic heterocycles. The number of amides is 5. The van der Waals surface area contributed by atoms with Gasteiger partial charge in [0.05, 0.1) is 77.8 Å². The molecule has 4 aromatic rings. The van der Waals surface area contributed by atoms with Crippen molar-refractivity contribution in [2.24, 2.45) is 10.8 Å². The van der Waals surface area contributed by atoms with Gasteiger partial charge in [0.15, 0.2) is 0 Å². The molecule has 2 aromatic heterocycles. The molecule has 0 saturated carbocycles. The number of rotatable bonds is 32. The van der Waals surface area contributed by atoms with Gasteiger partial charge in [0.1, 0.15) is 37.6 Å². The van der Waals surface area contributed by atoms with Crippen LogP contribution in [0.2, 0.25) is 0 Å². The molecule has 5 amide bonds. The summed E-state index contributed by atoms with van der Waals surface area (Å²) < 4.78 is 28.1. The standard InChI is InChI=1S/C59H86N8O11S2/c1-40-50(79-38-62-40)44-20-16-42(17-21-44)34-60-54(70)46-14-12-24-66(46)56(72)52(58(3,4)5)64-48(68)36-77-27-11-9-10-26-74-28-29-75-30-31-76-32-33-78-37-49(69)65-53(59(6,7)8)57(73)67-25-13-15-47(67)55(71)61-35-43-18-22-45(23-19-43)51-41(2)63-39-80-51/h16-23,38-39,46-47,52-54,60,70H,9-15,24-37H2,1-8H3,(H,61,71)(H,64,68)(H,65,69)/t46-,47-,52+,53+,54?/m0/s1. The average molecular weight is 1150 g/mol. The van der Waals surface area contributed by atoms with Crippen LogP contribution in [0, 0.1) is 24.7 Å². The zero-order valence-electron chi connectivity index (χ0n) is 48.1. The molecule has 21 heteroatoms. The molecule has 0 radical (unpaired) electrons. The largest absolute Gasteiger partial charge is 0.379 e. The number of carbonyl (C=O) groups excluding carboxylic acids is 5. The second kappa shape index (κ2) is 31.8. The van der Waals surface area contributed by atoms with Crippen LogP contribution in [0.1, 0.15) is 109 Å². The monoisotopic (exact) mass is 1150 g/mol. The number of aliphatic hydroxyl groups excluding tert-OH is 1. The van der Waals surface area contributed by atoms with E-state index in [4.69, 9.17) is 23.7 Å². The van der Waals surface area contributed by atoms with Gasteiger partial charge in [-0.15, -0.1) is 22.7 Å². The molecule has 0 bridgehead atoms. The van der Waals surface area contributed by atoms with Crippen molar-refractivity contribution in [2.75, 3.05) is 79.2 Å². The summed E-state index contributed by atoms with van der Waals surface area (Å²) >= 11 is 3.20. The van der Waals surface area contributed by atoms with Gasteiger partial charge in [-0.3, -0.25) is 29.3 Å². The first-order valence-corrected chi connectivity index (χ1v) is 29.8. The summed E-state index contributed by atoms with van der Waals surface area (Å²) in [6.45, 7) is 19.7. The molecule has 0 spiro atoms. The Morgan fingerprint density at radius 3 is 1.54 bits per heavy atom. The van der Waals surface area contributed by atoms with Crippen LogP contribution >= 0.6 is 22.7 Å². The molecule has 2 saturated heterocycles. The van der Waals surface area contributed by atoms with E-state index >= 15 is 0 Å². The quantitative estimate of drug-likeness (QED) is 0.0257. The Labute approximate surface area is 480 Å². The zero-order chi connectivity index (χ0) is 57.7. The van der Waals surface area contributed by atoms with Gasteiger partial charge < -0.3 is 54.5 Å². The lowest BCUT2D eigenvalue weighted by molar-refractivity contribution is -0.144. The summed E-state index contributed by atoms with van der Waals surface area (Å²) in [7, 11) is 0. The molecule has 2 aliphatic rings. The third-order valence-corrected chi connectivity index (χ3v) is 16.1. The van der Waals surface area contributed by atoms with Crippen molar-refractivity contribution in [3.63, 3.8) is 0 Å². The third-order valence-electron chi connectivity index (χ3n) is 14.2. The Morgan fingerprint density at radius 2 is 1.04 bits per heavy atom. The summed E-state index contributed by atoms with van der Waals surface area (Å²) in [5.41, 5.74) is 8.61. The molecule has 19 nitrogen and oxygen atoms in total. The highest BCUT2D eigenvalue weighted by atomic mass is 32.1. The maximum absolute atomic E-state index is 14.0. The molecule has 440 valence electrons. The van der Waals surface area contributed by atoms with Gasteiger partial charge in [-0.05, 0) is 91.9 Å². The van der Waals surface area contributed by atoms with Crippen LogP contribution in [0.3, 0.4) is 0 Å². The smallest absolute Gasteiger partial charge is 0.246 e. The van der Waals surface area contributed by atoms with Crippen molar-refractivity contribution >= 4 is 52.2 Å². The number of aryl methyl sites for hydroxylation is 2. The molecule has 1 unspecified atom stereocenters. The lowest BCUT2D eigenvalue weighted by atomic mass is 9.85. The van der Waals surface area contributed by atoms with Crippen molar-refractivity contribution < 1.29 is 52.8 Å². The number of unbranched alkanes of at least 4 members (excludes halogenated alkanes) is 2. The first-order chi connectivity index (χ1) is 38.3. The summed E-state index contributed by atoms with van der Waals surface area (Å²) in [6.07, 6.45) is 4.16. The summed E-state index contributed by atoms with van der Waals surface area (Å²) in [5.74, 6) is -1.50. The van der Waals surface area contributed by atoms with E-state index in [1.54, 1.807) is 32.5 Å². The van der Waals surface area contributed by atoms with Crippen LogP contribution in [-0.2, 0) is 60.7 Å². The predicted octanol–water partition coefficient (Wildman–Crippen LogP) is 6.57. The lowest BCUT2D eigenvalue weighted by Gasteiger charge is -2.37. The van der Waals surface area contributed by atoms with Crippen molar-refractivity contribution in [1.29, 1.82) is 0 Å². The molecule has 80 heavy (non-hydrogen) atoms. The molecule has 5 N–H and O–H groups in total. The van der Waals surface area contributed by atoms with Crippen LogP contribution in [-0.4, -0.2) is 164 Å². The summed E-state index contributed by atoms with van der Waals surface area (Å²) in [5, 5.41) is 23.2. The highest BCUT2D eigenvalue weighted by Gasteiger charge is 2.43. The minimum absolute atomic E-state index is 0.157. The number of aliphatic hydroxyl groups is 1. The number of hydrogen-bond donors (Lipinski definition) is 5. The predicted molar refractivity (Wildman–Crippen MR) is 309 cm³/mol. The van der Waals surface area contributed by atoms with E-state index in [1.165, 1.54) is 0 Å². The van der Waals surface area contributed by atoms with Crippen LogP contribution in [0.25, 0.3) is 20.9 Å². The number of nitrogens with one attached hydrogen (secondary N) is 4. The number of thiazole rings is 2. The van der Waals surface area contributed by atoms with E-state index in [0.717, 1.165) is 69.1 Å². The SMILES string of the molecule is Cc1ncsc1-c1ccc(CNC(=O)[C@@H]2CCCN2C(=O)[C@@H](NC(=O)COCCOCCOCCOCCCCCOCC(=O)N[C@H](C(=O)N2CCC[C@H]2C(O)NCc2ccc(-c3scnc3C)cc2)C(C)(C)C)C(C)(C)C)cc1. The van der Waals surface area contributed by atoms with Gasteiger partial charge >= 0.3 is 0 Å². The summed E-state index contributed by atoms with van der Waals surface area (Å²) in [4.78, 5) is 81.5. The average Bonchev–Trinajstić information content (AvgIpc) is 4.34. The molecular formula is C59H86N8O11S2. The normalized spacial score (nSPS) is 16.9. The number of aromatic nitrogens is 2. The number of benzene rings is 2. The Balaban J connectivity index is 0.749.